The van der Waals surface area contributed by atoms with Crippen LogP contribution in [0.5, 0.6) is 0 Å². The van der Waals surface area contributed by atoms with E-state index in [1.165, 1.54) is 13.1 Å². The van der Waals surface area contributed by atoms with Gasteiger partial charge in [-0.3, -0.25) is 9.78 Å². The maximum absolute atomic E-state index is 12.0. The van der Waals surface area contributed by atoms with Gasteiger partial charge in [0, 0.05) is 11.6 Å². The molecule has 100 valence electrons. The predicted octanol–water partition coefficient (Wildman–Crippen LogP) is 1.62. The van der Waals surface area contributed by atoms with Crippen molar-refractivity contribution in [1.82, 2.24) is 4.98 Å². The van der Waals surface area contributed by atoms with Gasteiger partial charge in [-0.2, -0.15) is 0 Å². The van der Waals surface area contributed by atoms with E-state index in [4.69, 9.17) is 5.11 Å². The summed E-state index contributed by atoms with van der Waals surface area (Å²) in [7, 11) is -3.73. The van der Waals surface area contributed by atoms with E-state index in [0.717, 1.165) is 5.39 Å². The molecule has 0 bridgehead atoms. The van der Waals surface area contributed by atoms with Gasteiger partial charge in [-0.25, -0.2) is 8.42 Å². The van der Waals surface area contributed by atoms with Crippen molar-refractivity contribution in [3.63, 3.8) is 0 Å². The number of hydrogen-bond acceptors (Lipinski definition) is 4. The Hall–Kier alpha value is -1.95. The summed E-state index contributed by atoms with van der Waals surface area (Å²) in [5.41, 5.74) is 1.26. The number of aliphatic carboxylic acids is 1. The molecule has 0 saturated heterocycles. The number of sulfone groups is 1. The summed E-state index contributed by atoms with van der Waals surface area (Å²) in [5, 5.41) is 8.13. The van der Waals surface area contributed by atoms with Crippen molar-refractivity contribution in [2.75, 3.05) is 0 Å². The molecule has 0 radical (unpaired) electrons. The van der Waals surface area contributed by atoms with Crippen molar-refractivity contribution in [3.05, 3.63) is 42.1 Å². The Morgan fingerprint density at radius 3 is 2.68 bits per heavy atom. The van der Waals surface area contributed by atoms with Crippen LogP contribution in [0.3, 0.4) is 0 Å². The van der Waals surface area contributed by atoms with Crippen LogP contribution >= 0.6 is 0 Å². The minimum atomic E-state index is -3.73. The summed E-state index contributed by atoms with van der Waals surface area (Å²) in [4.78, 5) is 14.9. The molecule has 0 aliphatic carbocycles. The van der Waals surface area contributed by atoms with Gasteiger partial charge in [-0.15, -0.1) is 0 Å². The molecule has 1 aromatic heterocycles. The van der Waals surface area contributed by atoms with Gasteiger partial charge in [0.2, 0.25) is 0 Å². The van der Waals surface area contributed by atoms with Gasteiger partial charge in [-0.1, -0.05) is 18.2 Å². The van der Waals surface area contributed by atoms with E-state index in [9.17, 15) is 13.2 Å². The van der Waals surface area contributed by atoms with Gasteiger partial charge in [0.1, 0.15) is 0 Å². The molecule has 0 spiro atoms. The Labute approximate surface area is 110 Å². The predicted molar refractivity (Wildman–Crippen MR) is 71.5 cm³/mol. The van der Waals surface area contributed by atoms with E-state index >= 15 is 0 Å². The van der Waals surface area contributed by atoms with Gasteiger partial charge in [0.15, 0.2) is 15.1 Å². The molecule has 0 amide bonds. The summed E-state index contributed by atoms with van der Waals surface area (Å²) in [6, 6.07) is 8.77. The number of aromatic nitrogens is 1. The van der Waals surface area contributed by atoms with Crippen LogP contribution < -0.4 is 0 Å². The molecule has 1 atom stereocenters. The van der Waals surface area contributed by atoms with Crippen LogP contribution in [0.2, 0.25) is 0 Å². The first-order valence-electron chi connectivity index (χ1n) is 5.69. The number of benzene rings is 1. The van der Waals surface area contributed by atoms with E-state index < -0.39 is 21.1 Å². The molecule has 2 rings (SSSR count). The zero-order valence-electron chi connectivity index (χ0n) is 10.3. The van der Waals surface area contributed by atoms with Crippen LogP contribution in [0.15, 0.2) is 36.5 Å². The minimum absolute atomic E-state index is 0.302. The van der Waals surface area contributed by atoms with E-state index in [1.54, 1.807) is 24.3 Å². The Balaban J connectivity index is 2.45. The third-order valence-corrected chi connectivity index (χ3v) is 4.97. The maximum Gasteiger partial charge on any atom is 0.321 e. The highest BCUT2D eigenvalue weighted by Gasteiger charge is 2.28. The smallest absolute Gasteiger partial charge is 0.321 e. The first kappa shape index (κ1) is 13.5. The Kier molecular flexibility index (Phi) is 3.53. The number of nitrogens with zero attached hydrogens (tertiary/aromatic N) is 1. The fourth-order valence-electron chi connectivity index (χ4n) is 1.78. The second-order valence-electron chi connectivity index (χ2n) is 4.27. The van der Waals surface area contributed by atoms with Crippen molar-refractivity contribution in [2.24, 2.45) is 0 Å². The lowest BCUT2D eigenvalue weighted by molar-refractivity contribution is -0.136. The lowest BCUT2D eigenvalue weighted by atomic mass is 10.1. The van der Waals surface area contributed by atoms with Crippen LogP contribution in [-0.2, 0) is 20.4 Å². The highest BCUT2D eigenvalue weighted by Crippen LogP contribution is 2.20. The molecule has 19 heavy (non-hydrogen) atoms. The molecule has 0 saturated carbocycles. The van der Waals surface area contributed by atoms with Crippen molar-refractivity contribution in [1.29, 1.82) is 0 Å². The van der Waals surface area contributed by atoms with Crippen LogP contribution in [0, 0.1) is 0 Å². The number of carboxylic acids is 1. The molecule has 1 unspecified atom stereocenters. The number of para-hydroxylation sites is 1. The zero-order chi connectivity index (χ0) is 14.0. The van der Waals surface area contributed by atoms with E-state index in [-0.39, 0.29) is 5.75 Å². The molecule has 0 fully saturated rings. The van der Waals surface area contributed by atoms with E-state index in [1.807, 2.05) is 6.07 Å². The van der Waals surface area contributed by atoms with Crippen molar-refractivity contribution >= 4 is 26.7 Å². The molecule has 5 nitrogen and oxygen atoms in total. The van der Waals surface area contributed by atoms with Crippen molar-refractivity contribution < 1.29 is 18.3 Å². The van der Waals surface area contributed by atoms with Crippen LogP contribution in [0.1, 0.15) is 12.5 Å². The molecule has 1 N–H and O–H groups in total. The van der Waals surface area contributed by atoms with E-state index in [0.29, 0.717) is 11.1 Å². The van der Waals surface area contributed by atoms with Crippen molar-refractivity contribution in [2.45, 2.75) is 17.9 Å². The number of fused-ring (bicyclic) bond motifs is 1. The van der Waals surface area contributed by atoms with Crippen LogP contribution in [0.4, 0.5) is 0 Å². The summed E-state index contributed by atoms with van der Waals surface area (Å²) < 4.78 is 24.0. The van der Waals surface area contributed by atoms with Crippen molar-refractivity contribution in [3.8, 4) is 0 Å². The SMILES string of the molecule is CC(C(=O)O)S(=O)(=O)Cc1ccnc2ccccc12. The quantitative estimate of drug-likeness (QED) is 0.919. The second-order valence-corrected chi connectivity index (χ2v) is 6.60. The summed E-state index contributed by atoms with van der Waals surface area (Å²) >= 11 is 0. The Morgan fingerprint density at radius 2 is 2.00 bits per heavy atom. The summed E-state index contributed by atoms with van der Waals surface area (Å²) in [6.45, 7) is 1.18. The Morgan fingerprint density at radius 1 is 1.32 bits per heavy atom. The fourth-order valence-corrected chi connectivity index (χ4v) is 3.02. The van der Waals surface area contributed by atoms with Crippen LogP contribution in [0.25, 0.3) is 10.9 Å². The molecular weight excluding hydrogens is 266 g/mol. The first-order valence-corrected chi connectivity index (χ1v) is 7.40. The van der Waals surface area contributed by atoms with Gasteiger partial charge < -0.3 is 5.11 Å². The molecular formula is C13H13NO4S. The molecule has 0 aliphatic rings. The number of rotatable bonds is 4. The highest BCUT2D eigenvalue weighted by molar-refractivity contribution is 7.92. The average molecular weight is 279 g/mol. The largest absolute Gasteiger partial charge is 0.480 e. The second kappa shape index (κ2) is 4.97. The topological polar surface area (TPSA) is 84.3 Å². The zero-order valence-corrected chi connectivity index (χ0v) is 11.1. The normalized spacial score (nSPS) is 13.3. The Bertz CT molecular complexity index is 719. The minimum Gasteiger partial charge on any atom is -0.480 e. The van der Waals surface area contributed by atoms with Gasteiger partial charge in [-0.05, 0) is 24.6 Å². The third-order valence-electron chi connectivity index (χ3n) is 2.98. The average Bonchev–Trinajstić information content (AvgIpc) is 2.38. The number of hydrogen-bond donors (Lipinski definition) is 1. The lowest BCUT2D eigenvalue weighted by Crippen LogP contribution is -2.28. The monoisotopic (exact) mass is 279 g/mol. The first-order chi connectivity index (χ1) is 8.92. The number of carboxylic acid groups (broad SMARTS) is 1. The van der Waals surface area contributed by atoms with Gasteiger partial charge in [0.05, 0.1) is 11.3 Å². The molecule has 2 aromatic rings. The van der Waals surface area contributed by atoms with Gasteiger partial charge >= 0.3 is 5.97 Å². The maximum atomic E-state index is 12.0. The number of pyridine rings is 1. The molecule has 0 aliphatic heterocycles. The van der Waals surface area contributed by atoms with Crippen LogP contribution in [-0.4, -0.2) is 29.7 Å². The molecule has 6 heteroatoms. The summed E-state index contributed by atoms with van der Waals surface area (Å²) in [5.74, 6) is -1.64. The molecule has 1 heterocycles. The molecule has 1 aromatic carbocycles. The third kappa shape index (κ3) is 2.73. The fraction of sp³-hybridized carbons (Fsp3) is 0.231. The number of carbonyl (C=O) groups is 1. The van der Waals surface area contributed by atoms with Gasteiger partial charge in [0.25, 0.3) is 0 Å². The standard InChI is InChI=1S/C13H13NO4S/c1-9(13(15)16)19(17,18)8-10-6-7-14-12-5-3-2-4-11(10)12/h2-7,9H,8H2,1H3,(H,15,16). The highest BCUT2D eigenvalue weighted by atomic mass is 32.2. The van der Waals surface area contributed by atoms with E-state index in [2.05, 4.69) is 4.98 Å². The summed E-state index contributed by atoms with van der Waals surface area (Å²) in [6.07, 6.45) is 1.53. The lowest BCUT2D eigenvalue weighted by Gasteiger charge is -2.10.